The lowest BCUT2D eigenvalue weighted by atomic mass is 10.1. The largest absolute Gasteiger partial charge is 0.452 e. The zero-order valence-electron chi connectivity index (χ0n) is 12.5. The van der Waals surface area contributed by atoms with Crippen molar-refractivity contribution in [3.05, 3.63) is 63.5 Å². The smallest absolute Gasteiger partial charge is 0.342 e. The molecule has 0 atom stereocenters. The van der Waals surface area contributed by atoms with Crippen molar-refractivity contribution < 1.29 is 23.1 Å². The lowest BCUT2D eigenvalue weighted by molar-refractivity contribution is -0.119. The van der Waals surface area contributed by atoms with Crippen molar-refractivity contribution in [2.75, 3.05) is 11.9 Å². The predicted octanol–water partition coefficient (Wildman–Crippen LogP) is 2.19. The molecule has 23 heavy (non-hydrogen) atoms. The molecule has 0 unspecified atom stereocenters. The van der Waals surface area contributed by atoms with E-state index < -0.39 is 29.9 Å². The van der Waals surface area contributed by atoms with E-state index in [2.05, 4.69) is 5.32 Å². The molecule has 0 saturated carbocycles. The van der Waals surface area contributed by atoms with Gasteiger partial charge in [0.1, 0.15) is 17.1 Å². The highest BCUT2D eigenvalue weighted by Gasteiger charge is 2.18. The fourth-order valence-corrected chi connectivity index (χ4v) is 2.03. The molecule has 0 aliphatic rings. The Kier molecular flexibility index (Phi) is 4.90. The van der Waals surface area contributed by atoms with E-state index in [9.17, 15) is 18.8 Å². The second-order valence-corrected chi connectivity index (χ2v) is 4.81. The highest BCUT2D eigenvalue weighted by molar-refractivity contribution is 5.96. The summed E-state index contributed by atoms with van der Waals surface area (Å²) in [5.74, 6) is -1.77. The van der Waals surface area contributed by atoms with Gasteiger partial charge >= 0.3 is 11.6 Å². The molecule has 7 heteroatoms. The number of rotatable bonds is 4. The van der Waals surface area contributed by atoms with Crippen molar-refractivity contribution in [1.29, 1.82) is 0 Å². The van der Waals surface area contributed by atoms with E-state index in [1.54, 1.807) is 6.92 Å². The van der Waals surface area contributed by atoms with Crippen molar-refractivity contribution in [2.45, 2.75) is 13.8 Å². The molecule has 2 aromatic rings. The highest BCUT2D eigenvalue weighted by atomic mass is 19.1. The van der Waals surface area contributed by atoms with Crippen LogP contribution in [0.4, 0.5) is 10.1 Å². The van der Waals surface area contributed by atoms with Crippen LogP contribution < -0.4 is 10.9 Å². The van der Waals surface area contributed by atoms with Crippen molar-refractivity contribution in [3.8, 4) is 0 Å². The standard InChI is InChI=1S/C16H14FNO5/c1-9-6-14(20)23-10(2)15(9)16(21)22-8-13(19)18-12-5-3-4-11(17)7-12/h3-7H,8H2,1-2H3,(H,18,19). The molecule has 1 amide bonds. The molecular formula is C16H14FNO5. The van der Waals surface area contributed by atoms with Crippen LogP contribution in [0.15, 0.2) is 39.5 Å². The molecule has 0 fully saturated rings. The van der Waals surface area contributed by atoms with Gasteiger partial charge in [-0.15, -0.1) is 0 Å². The summed E-state index contributed by atoms with van der Waals surface area (Å²) in [7, 11) is 0. The fourth-order valence-electron chi connectivity index (χ4n) is 2.03. The van der Waals surface area contributed by atoms with Crippen LogP contribution in [0.2, 0.25) is 0 Å². The van der Waals surface area contributed by atoms with Crippen LogP contribution in [0.25, 0.3) is 0 Å². The minimum absolute atomic E-state index is 0.100. The third kappa shape index (κ3) is 4.26. The molecule has 0 saturated heterocycles. The summed E-state index contributed by atoms with van der Waals surface area (Å²) in [6.45, 7) is 2.47. The fraction of sp³-hybridized carbons (Fsp3) is 0.188. The quantitative estimate of drug-likeness (QED) is 0.873. The highest BCUT2D eigenvalue weighted by Crippen LogP contribution is 2.13. The summed E-state index contributed by atoms with van der Waals surface area (Å²) in [5.41, 5.74) is 0.182. The summed E-state index contributed by atoms with van der Waals surface area (Å²) in [6.07, 6.45) is 0. The Labute approximate surface area is 130 Å². The minimum atomic E-state index is -0.779. The zero-order valence-corrected chi connectivity index (χ0v) is 12.5. The molecule has 1 N–H and O–H groups in total. The number of hydrogen-bond donors (Lipinski definition) is 1. The van der Waals surface area contributed by atoms with Gasteiger partial charge in [0.05, 0.1) is 0 Å². The molecule has 0 spiro atoms. The Balaban J connectivity index is 1.99. The van der Waals surface area contributed by atoms with Crippen LogP contribution >= 0.6 is 0 Å². The van der Waals surface area contributed by atoms with E-state index in [-0.39, 0.29) is 17.0 Å². The van der Waals surface area contributed by atoms with E-state index in [4.69, 9.17) is 9.15 Å². The van der Waals surface area contributed by atoms with Crippen molar-refractivity contribution in [1.82, 2.24) is 0 Å². The molecule has 0 aliphatic heterocycles. The molecule has 0 bridgehead atoms. The maximum absolute atomic E-state index is 13.0. The van der Waals surface area contributed by atoms with Crippen molar-refractivity contribution >= 4 is 17.6 Å². The van der Waals surface area contributed by atoms with E-state index in [1.165, 1.54) is 25.1 Å². The SMILES string of the molecule is Cc1cc(=O)oc(C)c1C(=O)OCC(=O)Nc1cccc(F)c1. The van der Waals surface area contributed by atoms with Crippen LogP contribution in [-0.2, 0) is 9.53 Å². The second kappa shape index (κ2) is 6.87. The summed E-state index contributed by atoms with van der Waals surface area (Å²) >= 11 is 0. The number of carbonyl (C=O) groups is 2. The Morgan fingerprint density at radius 2 is 2.00 bits per heavy atom. The molecule has 1 aromatic carbocycles. The topological polar surface area (TPSA) is 85.6 Å². The number of aryl methyl sites for hydroxylation is 2. The van der Waals surface area contributed by atoms with Crippen LogP contribution in [0.3, 0.4) is 0 Å². The number of anilines is 1. The van der Waals surface area contributed by atoms with Gasteiger partial charge in [0, 0.05) is 11.8 Å². The Hall–Kier alpha value is -2.96. The van der Waals surface area contributed by atoms with Gasteiger partial charge in [0.25, 0.3) is 5.91 Å². The molecule has 1 aromatic heterocycles. The third-order valence-electron chi connectivity index (χ3n) is 2.98. The molecule has 6 nitrogen and oxygen atoms in total. The lowest BCUT2D eigenvalue weighted by Gasteiger charge is -2.09. The molecule has 1 heterocycles. The number of esters is 1. The van der Waals surface area contributed by atoms with Gasteiger partial charge in [-0.2, -0.15) is 0 Å². The van der Waals surface area contributed by atoms with Crippen molar-refractivity contribution in [2.24, 2.45) is 0 Å². The zero-order chi connectivity index (χ0) is 17.0. The number of halogens is 1. The Bertz CT molecular complexity index is 786. The van der Waals surface area contributed by atoms with Crippen LogP contribution in [0.5, 0.6) is 0 Å². The Morgan fingerprint density at radius 3 is 2.65 bits per heavy atom. The number of ether oxygens (including phenoxy) is 1. The molecule has 0 radical (unpaired) electrons. The number of hydrogen-bond acceptors (Lipinski definition) is 5. The van der Waals surface area contributed by atoms with Gasteiger partial charge in [-0.25, -0.2) is 14.0 Å². The average molecular weight is 319 g/mol. The summed E-state index contributed by atoms with van der Waals surface area (Å²) < 4.78 is 22.7. The molecular weight excluding hydrogens is 305 g/mol. The molecule has 120 valence electrons. The van der Waals surface area contributed by atoms with Gasteiger partial charge in [-0.3, -0.25) is 4.79 Å². The number of benzene rings is 1. The summed E-state index contributed by atoms with van der Waals surface area (Å²) in [5, 5.41) is 2.40. The van der Waals surface area contributed by atoms with Crippen molar-refractivity contribution in [3.63, 3.8) is 0 Å². The van der Waals surface area contributed by atoms with Gasteiger partial charge in [-0.1, -0.05) is 6.07 Å². The summed E-state index contributed by atoms with van der Waals surface area (Å²) in [6, 6.07) is 6.49. The van der Waals surface area contributed by atoms with E-state index in [0.29, 0.717) is 5.56 Å². The number of amides is 1. The van der Waals surface area contributed by atoms with Gasteiger partial charge in [-0.05, 0) is 37.6 Å². The van der Waals surface area contributed by atoms with Gasteiger partial charge in [0.2, 0.25) is 0 Å². The number of carbonyl (C=O) groups excluding carboxylic acids is 2. The maximum atomic E-state index is 13.0. The van der Waals surface area contributed by atoms with Crippen LogP contribution in [0, 0.1) is 19.7 Å². The third-order valence-corrected chi connectivity index (χ3v) is 2.98. The van der Waals surface area contributed by atoms with Gasteiger partial charge in [0.15, 0.2) is 6.61 Å². The first-order chi connectivity index (χ1) is 10.9. The van der Waals surface area contributed by atoms with E-state index in [0.717, 1.165) is 12.1 Å². The van der Waals surface area contributed by atoms with E-state index >= 15 is 0 Å². The van der Waals surface area contributed by atoms with E-state index in [1.807, 2.05) is 0 Å². The summed E-state index contributed by atoms with van der Waals surface area (Å²) in [4.78, 5) is 34.9. The Morgan fingerprint density at radius 1 is 1.26 bits per heavy atom. The number of nitrogens with one attached hydrogen (secondary N) is 1. The normalized spacial score (nSPS) is 10.2. The molecule has 0 aliphatic carbocycles. The monoisotopic (exact) mass is 319 g/mol. The van der Waals surface area contributed by atoms with Gasteiger partial charge < -0.3 is 14.5 Å². The average Bonchev–Trinajstić information content (AvgIpc) is 2.44. The lowest BCUT2D eigenvalue weighted by Crippen LogP contribution is -2.22. The first kappa shape index (κ1) is 16.4. The minimum Gasteiger partial charge on any atom is -0.452 e. The van der Waals surface area contributed by atoms with Crippen LogP contribution in [-0.4, -0.2) is 18.5 Å². The first-order valence-corrected chi connectivity index (χ1v) is 6.70. The predicted molar refractivity (Wildman–Crippen MR) is 79.8 cm³/mol. The molecule has 2 rings (SSSR count). The first-order valence-electron chi connectivity index (χ1n) is 6.70. The maximum Gasteiger partial charge on any atom is 0.342 e. The second-order valence-electron chi connectivity index (χ2n) is 4.81. The van der Waals surface area contributed by atoms with Crippen LogP contribution in [0.1, 0.15) is 21.7 Å².